The molecule has 1 aliphatic heterocycles. The number of sulfonamides is 1. The van der Waals surface area contributed by atoms with Crippen LogP contribution in [0.15, 0.2) is 0 Å². The Morgan fingerprint density at radius 2 is 1.89 bits per heavy atom. The van der Waals surface area contributed by atoms with Crippen molar-refractivity contribution in [1.29, 1.82) is 0 Å². The molecule has 4 nitrogen and oxygen atoms in total. The summed E-state index contributed by atoms with van der Waals surface area (Å²) in [5, 5.41) is 0. The molecule has 0 aromatic rings. The SMILES string of the molecule is CC(C)N1CCC(NS(=O)(=O)CCCCl)CC1.Cl. The summed E-state index contributed by atoms with van der Waals surface area (Å²) in [6.45, 7) is 6.29. The maximum Gasteiger partial charge on any atom is 0.211 e. The van der Waals surface area contributed by atoms with Gasteiger partial charge in [-0.2, -0.15) is 0 Å². The third kappa shape index (κ3) is 6.57. The Kier molecular flexibility index (Phi) is 8.80. The number of alkyl halides is 1. The van der Waals surface area contributed by atoms with E-state index in [4.69, 9.17) is 11.6 Å². The first-order valence-electron chi connectivity index (χ1n) is 6.24. The zero-order chi connectivity index (χ0) is 12.9. The molecule has 1 saturated heterocycles. The molecule has 1 fully saturated rings. The van der Waals surface area contributed by atoms with Crippen molar-refractivity contribution in [3.8, 4) is 0 Å². The molecule has 0 aliphatic carbocycles. The quantitative estimate of drug-likeness (QED) is 0.760. The van der Waals surface area contributed by atoms with Crippen molar-refractivity contribution in [2.24, 2.45) is 0 Å². The van der Waals surface area contributed by atoms with Gasteiger partial charge in [-0.1, -0.05) is 0 Å². The Morgan fingerprint density at radius 1 is 1.33 bits per heavy atom. The molecule has 0 aromatic carbocycles. The van der Waals surface area contributed by atoms with E-state index in [2.05, 4.69) is 23.5 Å². The van der Waals surface area contributed by atoms with E-state index < -0.39 is 10.0 Å². The van der Waals surface area contributed by atoms with Gasteiger partial charge >= 0.3 is 0 Å². The molecule has 0 unspecified atom stereocenters. The fraction of sp³-hybridized carbons (Fsp3) is 1.00. The second kappa shape index (κ2) is 8.59. The molecule has 1 rings (SSSR count). The number of rotatable bonds is 6. The van der Waals surface area contributed by atoms with Crippen molar-refractivity contribution in [3.63, 3.8) is 0 Å². The highest BCUT2D eigenvalue weighted by molar-refractivity contribution is 7.89. The molecule has 0 aromatic heterocycles. The minimum atomic E-state index is -3.13. The van der Waals surface area contributed by atoms with Gasteiger partial charge in [0.25, 0.3) is 0 Å². The van der Waals surface area contributed by atoms with Crippen LogP contribution in [0.2, 0.25) is 0 Å². The Morgan fingerprint density at radius 3 is 2.33 bits per heavy atom. The van der Waals surface area contributed by atoms with Crippen molar-refractivity contribution in [3.05, 3.63) is 0 Å². The molecule has 1 heterocycles. The molecule has 0 atom stereocenters. The van der Waals surface area contributed by atoms with Crippen molar-refractivity contribution in [2.45, 2.75) is 45.2 Å². The van der Waals surface area contributed by atoms with Crippen LogP contribution in [0.1, 0.15) is 33.1 Å². The summed E-state index contributed by atoms with van der Waals surface area (Å²) in [5.41, 5.74) is 0. The first-order valence-corrected chi connectivity index (χ1v) is 8.43. The predicted octanol–water partition coefficient (Wildman–Crippen LogP) is 1.83. The van der Waals surface area contributed by atoms with Gasteiger partial charge in [-0.3, -0.25) is 0 Å². The smallest absolute Gasteiger partial charge is 0.211 e. The molecule has 0 bridgehead atoms. The van der Waals surface area contributed by atoms with Gasteiger partial charge in [0.2, 0.25) is 10.0 Å². The normalized spacial score (nSPS) is 18.9. The third-order valence-corrected chi connectivity index (χ3v) is 4.94. The number of nitrogens with one attached hydrogen (secondary N) is 1. The van der Waals surface area contributed by atoms with E-state index in [1.54, 1.807) is 0 Å². The molecule has 7 heteroatoms. The van der Waals surface area contributed by atoms with Gasteiger partial charge in [0, 0.05) is 18.0 Å². The van der Waals surface area contributed by atoms with Gasteiger partial charge in [0.15, 0.2) is 0 Å². The Bertz CT molecular complexity index is 315. The van der Waals surface area contributed by atoms with E-state index in [1.807, 2.05) is 0 Å². The second-order valence-corrected chi connectivity index (χ2v) is 7.13. The number of hydrogen-bond donors (Lipinski definition) is 1. The highest BCUT2D eigenvalue weighted by Crippen LogP contribution is 2.13. The zero-order valence-electron chi connectivity index (χ0n) is 11.1. The molecular weight excluding hydrogens is 295 g/mol. The maximum absolute atomic E-state index is 11.7. The fourth-order valence-electron chi connectivity index (χ4n) is 2.09. The first kappa shape index (κ1) is 18.4. The van der Waals surface area contributed by atoms with Crippen molar-refractivity contribution in [1.82, 2.24) is 9.62 Å². The molecule has 0 amide bonds. The largest absolute Gasteiger partial charge is 0.301 e. The Labute approximate surface area is 122 Å². The van der Waals surface area contributed by atoms with E-state index in [-0.39, 0.29) is 24.2 Å². The average molecular weight is 319 g/mol. The van der Waals surface area contributed by atoms with Gasteiger partial charge in [-0.05, 0) is 46.2 Å². The second-order valence-electron chi connectivity index (χ2n) is 4.88. The number of halogens is 2. The first-order chi connectivity index (χ1) is 7.94. The van der Waals surface area contributed by atoms with Gasteiger partial charge < -0.3 is 4.90 Å². The van der Waals surface area contributed by atoms with E-state index in [0.29, 0.717) is 18.3 Å². The van der Waals surface area contributed by atoms with E-state index in [0.717, 1.165) is 25.9 Å². The summed E-state index contributed by atoms with van der Waals surface area (Å²) in [5.74, 6) is 0.535. The topological polar surface area (TPSA) is 49.4 Å². The zero-order valence-corrected chi connectivity index (χ0v) is 13.5. The lowest BCUT2D eigenvalue weighted by Crippen LogP contribution is -2.47. The highest BCUT2D eigenvalue weighted by Gasteiger charge is 2.24. The monoisotopic (exact) mass is 318 g/mol. The van der Waals surface area contributed by atoms with Gasteiger partial charge in [-0.15, -0.1) is 24.0 Å². The minimum absolute atomic E-state index is 0. The average Bonchev–Trinajstić information content (AvgIpc) is 2.26. The number of hydrogen-bond acceptors (Lipinski definition) is 3. The third-order valence-electron chi connectivity index (χ3n) is 3.15. The van der Waals surface area contributed by atoms with Crippen LogP contribution in [0.25, 0.3) is 0 Å². The highest BCUT2D eigenvalue weighted by atomic mass is 35.5. The van der Waals surface area contributed by atoms with Crippen LogP contribution in [-0.2, 0) is 10.0 Å². The molecular formula is C11H24Cl2N2O2S. The minimum Gasteiger partial charge on any atom is -0.301 e. The summed E-state index contributed by atoms with van der Waals surface area (Å²) in [4.78, 5) is 2.38. The molecule has 0 saturated carbocycles. The summed E-state index contributed by atoms with van der Waals surface area (Å²) in [6, 6.07) is 0.647. The van der Waals surface area contributed by atoms with Crippen LogP contribution in [0, 0.1) is 0 Å². The maximum atomic E-state index is 11.7. The van der Waals surface area contributed by atoms with Gasteiger partial charge in [-0.25, -0.2) is 13.1 Å². The molecule has 0 radical (unpaired) electrons. The van der Waals surface area contributed by atoms with Gasteiger partial charge in [0.05, 0.1) is 5.75 Å². The van der Waals surface area contributed by atoms with Crippen LogP contribution in [0.3, 0.4) is 0 Å². The lowest BCUT2D eigenvalue weighted by Gasteiger charge is -2.34. The van der Waals surface area contributed by atoms with Crippen LogP contribution in [0.5, 0.6) is 0 Å². The van der Waals surface area contributed by atoms with E-state index in [9.17, 15) is 8.42 Å². The molecule has 0 spiro atoms. The predicted molar refractivity (Wildman–Crippen MR) is 79.2 cm³/mol. The Hall–Kier alpha value is 0.450. The Balaban J connectivity index is 0.00000289. The molecule has 110 valence electrons. The van der Waals surface area contributed by atoms with Gasteiger partial charge in [0.1, 0.15) is 0 Å². The summed E-state index contributed by atoms with van der Waals surface area (Å²) < 4.78 is 26.2. The van der Waals surface area contributed by atoms with Crippen molar-refractivity contribution >= 4 is 34.0 Å². The molecule has 18 heavy (non-hydrogen) atoms. The number of likely N-dealkylation sites (tertiary alicyclic amines) is 1. The molecule has 1 N–H and O–H groups in total. The van der Waals surface area contributed by atoms with Crippen molar-refractivity contribution < 1.29 is 8.42 Å². The number of piperidine rings is 1. The standard InChI is InChI=1S/C11H23ClN2O2S.ClH/c1-10(2)14-7-4-11(5-8-14)13-17(15,16)9-3-6-12;/h10-11,13H,3-9H2,1-2H3;1H. The van der Waals surface area contributed by atoms with Crippen molar-refractivity contribution in [2.75, 3.05) is 24.7 Å². The van der Waals surface area contributed by atoms with E-state index >= 15 is 0 Å². The lowest BCUT2D eigenvalue weighted by molar-refractivity contribution is 0.168. The summed E-state index contributed by atoms with van der Waals surface area (Å²) in [6.07, 6.45) is 2.32. The van der Waals surface area contributed by atoms with Crippen LogP contribution in [-0.4, -0.2) is 50.1 Å². The van der Waals surface area contributed by atoms with Crippen LogP contribution >= 0.6 is 24.0 Å². The number of nitrogens with zero attached hydrogens (tertiary/aromatic N) is 1. The van der Waals surface area contributed by atoms with E-state index in [1.165, 1.54) is 0 Å². The lowest BCUT2D eigenvalue weighted by atomic mass is 10.1. The summed E-state index contributed by atoms with van der Waals surface area (Å²) in [7, 11) is -3.13. The molecule has 1 aliphatic rings. The fourth-order valence-corrected chi connectivity index (χ4v) is 3.77. The van der Waals surface area contributed by atoms with Crippen LogP contribution < -0.4 is 4.72 Å². The van der Waals surface area contributed by atoms with Crippen LogP contribution in [0.4, 0.5) is 0 Å². The summed E-state index contributed by atoms with van der Waals surface area (Å²) >= 11 is 5.51.